The monoisotopic (exact) mass is 254 g/mol. The van der Waals surface area contributed by atoms with Crippen LogP contribution in [0.5, 0.6) is 0 Å². The quantitative estimate of drug-likeness (QED) is 0.767. The fourth-order valence-electron chi connectivity index (χ4n) is 1.24. The van der Waals surface area contributed by atoms with Gasteiger partial charge in [0.25, 0.3) is 0 Å². The minimum Gasteiger partial charge on any atom is -0.468 e. The van der Waals surface area contributed by atoms with Gasteiger partial charge in [-0.2, -0.15) is 0 Å². The summed E-state index contributed by atoms with van der Waals surface area (Å²) in [6.45, 7) is 1.56. The number of hydrogen-bond acceptors (Lipinski definition) is 4. The zero-order chi connectivity index (χ0) is 13.5. The van der Waals surface area contributed by atoms with Crippen LogP contribution in [0.25, 0.3) is 0 Å². The first-order valence-corrected chi connectivity index (χ1v) is 5.39. The third-order valence-corrected chi connectivity index (χ3v) is 2.25. The minimum absolute atomic E-state index is 0.0341. The lowest BCUT2D eigenvalue weighted by atomic mass is 10.3. The van der Waals surface area contributed by atoms with E-state index in [-0.39, 0.29) is 18.3 Å². The van der Waals surface area contributed by atoms with Crippen LogP contribution in [-0.4, -0.2) is 31.6 Å². The molecule has 2 N–H and O–H groups in total. The SMILES string of the molecule is COC(=O)[C@@H](C)NCC(=O)Nc1ccc(F)cc1. The van der Waals surface area contributed by atoms with Gasteiger partial charge in [-0.15, -0.1) is 0 Å². The molecule has 1 aromatic carbocycles. The van der Waals surface area contributed by atoms with E-state index in [4.69, 9.17) is 0 Å². The number of hydrogen-bond donors (Lipinski definition) is 2. The van der Waals surface area contributed by atoms with Crippen molar-refractivity contribution < 1.29 is 18.7 Å². The van der Waals surface area contributed by atoms with Crippen LogP contribution in [0.4, 0.5) is 10.1 Å². The highest BCUT2D eigenvalue weighted by atomic mass is 19.1. The van der Waals surface area contributed by atoms with Gasteiger partial charge in [0.1, 0.15) is 11.9 Å². The largest absolute Gasteiger partial charge is 0.468 e. The lowest BCUT2D eigenvalue weighted by molar-refractivity contribution is -0.142. The molecular formula is C12H15FN2O3. The summed E-state index contributed by atoms with van der Waals surface area (Å²) in [5.41, 5.74) is 0.494. The predicted octanol–water partition coefficient (Wildman–Crippen LogP) is 0.915. The molecule has 1 rings (SSSR count). The van der Waals surface area contributed by atoms with Gasteiger partial charge in [0, 0.05) is 5.69 Å². The molecule has 0 heterocycles. The Morgan fingerprint density at radius 3 is 2.50 bits per heavy atom. The van der Waals surface area contributed by atoms with Crippen molar-refractivity contribution in [3.63, 3.8) is 0 Å². The van der Waals surface area contributed by atoms with Gasteiger partial charge < -0.3 is 10.1 Å². The van der Waals surface area contributed by atoms with Crippen LogP contribution in [-0.2, 0) is 14.3 Å². The molecule has 0 unspecified atom stereocenters. The summed E-state index contributed by atoms with van der Waals surface area (Å²) >= 11 is 0. The van der Waals surface area contributed by atoms with E-state index in [1.165, 1.54) is 31.4 Å². The summed E-state index contributed by atoms with van der Waals surface area (Å²) in [6.07, 6.45) is 0. The highest BCUT2D eigenvalue weighted by Gasteiger charge is 2.13. The maximum Gasteiger partial charge on any atom is 0.322 e. The molecule has 0 saturated carbocycles. The van der Waals surface area contributed by atoms with Crippen molar-refractivity contribution >= 4 is 17.6 Å². The second-order valence-corrected chi connectivity index (χ2v) is 3.68. The van der Waals surface area contributed by atoms with Gasteiger partial charge >= 0.3 is 5.97 Å². The van der Waals surface area contributed by atoms with Gasteiger partial charge in [-0.25, -0.2) is 4.39 Å². The van der Waals surface area contributed by atoms with Crippen molar-refractivity contribution in [1.29, 1.82) is 0 Å². The van der Waals surface area contributed by atoms with Crippen LogP contribution in [0.15, 0.2) is 24.3 Å². The van der Waals surface area contributed by atoms with Crippen LogP contribution >= 0.6 is 0 Å². The first kappa shape index (κ1) is 14.1. The van der Waals surface area contributed by atoms with E-state index in [2.05, 4.69) is 15.4 Å². The Bertz CT molecular complexity index is 420. The highest BCUT2D eigenvalue weighted by Crippen LogP contribution is 2.07. The average molecular weight is 254 g/mol. The number of nitrogens with one attached hydrogen (secondary N) is 2. The minimum atomic E-state index is -0.561. The van der Waals surface area contributed by atoms with Crippen molar-refractivity contribution in [2.45, 2.75) is 13.0 Å². The number of amides is 1. The van der Waals surface area contributed by atoms with Crippen molar-refractivity contribution in [1.82, 2.24) is 5.32 Å². The molecule has 98 valence electrons. The van der Waals surface area contributed by atoms with Crippen molar-refractivity contribution in [2.75, 3.05) is 19.0 Å². The molecule has 0 fully saturated rings. The number of benzene rings is 1. The fraction of sp³-hybridized carbons (Fsp3) is 0.333. The Morgan fingerprint density at radius 1 is 1.33 bits per heavy atom. The molecule has 18 heavy (non-hydrogen) atoms. The van der Waals surface area contributed by atoms with Gasteiger partial charge in [0.05, 0.1) is 13.7 Å². The predicted molar refractivity (Wildman–Crippen MR) is 64.5 cm³/mol. The number of esters is 1. The summed E-state index contributed by atoms with van der Waals surface area (Å²) in [4.78, 5) is 22.6. The number of carbonyl (C=O) groups is 2. The molecule has 0 saturated heterocycles. The third-order valence-electron chi connectivity index (χ3n) is 2.25. The van der Waals surface area contributed by atoms with Crippen molar-refractivity contribution in [3.8, 4) is 0 Å². The molecule has 0 aromatic heterocycles. The Kier molecular flexibility index (Phi) is 5.26. The fourth-order valence-corrected chi connectivity index (χ4v) is 1.24. The maximum atomic E-state index is 12.6. The second-order valence-electron chi connectivity index (χ2n) is 3.68. The average Bonchev–Trinajstić information content (AvgIpc) is 2.37. The van der Waals surface area contributed by atoms with Crippen LogP contribution in [0.3, 0.4) is 0 Å². The van der Waals surface area contributed by atoms with E-state index in [0.29, 0.717) is 5.69 Å². The lowest BCUT2D eigenvalue weighted by Gasteiger charge is -2.11. The molecular weight excluding hydrogens is 239 g/mol. The molecule has 6 heteroatoms. The summed E-state index contributed by atoms with van der Waals surface area (Å²) in [5, 5.41) is 5.27. The van der Waals surface area contributed by atoms with E-state index in [0.717, 1.165) is 0 Å². The van der Waals surface area contributed by atoms with Crippen LogP contribution in [0.1, 0.15) is 6.92 Å². The van der Waals surface area contributed by atoms with Crippen molar-refractivity contribution in [2.24, 2.45) is 0 Å². The smallest absolute Gasteiger partial charge is 0.322 e. The lowest BCUT2D eigenvalue weighted by Crippen LogP contribution is -2.39. The zero-order valence-electron chi connectivity index (χ0n) is 10.2. The highest BCUT2D eigenvalue weighted by molar-refractivity contribution is 5.92. The van der Waals surface area contributed by atoms with Crippen LogP contribution in [0.2, 0.25) is 0 Å². The summed E-state index contributed by atoms with van der Waals surface area (Å²) in [5.74, 6) is -1.13. The number of methoxy groups -OCH3 is 1. The van der Waals surface area contributed by atoms with Gasteiger partial charge in [-0.3, -0.25) is 14.9 Å². The van der Waals surface area contributed by atoms with E-state index in [9.17, 15) is 14.0 Å². The molecule has 0 aliphatic rings. The van der Waals surface area contributed by atoms with E-state index < -0.39 is 12.0 Å². The molecule has 1 aromatic rings. The van der Waals surface area contributed by atoms with Crippen LogP contribution < -0.4 is 10.6 Å². The summed E-state index contributed by atoms with van der Waals surface area (Å²) in [7, 11) is 1.28. The Balaban J connectivity index is 2.38. The molecule has 0 radical (unpaired) electrons. The van der Waals surface area contributed by atoms with Crippen molar-refractivity contribution in [3.05, 3.63) is 30.1 Å². The van der Waals surface area contributed by atoms with Gasteiger partial charge in [-0.05, 0) is 31.2 Å². The molecule has 0 aliphatic carbocycles. The van der Waals surface area contributed by atoms with Gasteiger partial charge in [0.2, 0.25) is 5.91 Å². The standard InChI is InChI=1S/C12H15FN2O3/c1-8(12(17)18-2)14-7-11(16)15-10-5-3-9(13)4-6-10/h3-6,8,14H,7H2,1-2H3,(H,15,16)/t8-/m1/s1. The third kappa shape index (κ3) is 4.50. The van der Waals surface area contributed by atoms with Crippen LogP contribution in [0, 0.1) is 5.82 Å². The van der Waals surface area contributed by atoms with Gasteiger partial charge in [0.15, 0.2) is 0 Å². The molecule has 0 bridgehead atoms. The maximum absolute atomic E-state index is 12.6. The first-order chi connectivity index (χ1) is 8.52. The molecule has 0 aliphatic heterocycles. The normalized spacial score (nSPS) is 11.7. The topological polar surface area (TPSA) is 67.4 Å². The summed E-state index contributed by atoms with van der Waals surface area (Å²) in [6, 6.07) is 4.85. The Morgan fingerprint density at radius 2 is 1.94 bits per heavy atom. The first-order valence-electron chi connectivity index (χ1n) is 5.39. The number of halogens is 1. The molecule has 1 atom stereocenters. The number of carbonyl (C=O) groups excluding carboxylic acids is 2. The van der Waals surface area contributed by atoms with E-state index in [1.807, 2.05) is 0 Å². The van der Waals surface area contributed by atoms with E-state index in [1.54, 1.807) is 6.92 Å². The van der Waals surface area contributed by atoms with Gasteiger partial charge in [-0.1, -0.05) is 0 Å². The second kappa shape index (κ2) is 6.70. The number of rotatable bonds is 5. The number of anilines is 1. The summed E-state index contributed by atoms with van der Waals surface area (Å²) < 4.78 is 17.1. The Hall–Kier alpha value is -1.95. The number of ether oxygens (including phenoxy) is 1. The Labute approximate surface area is 104 Å². The molecule has 0 spiro atoms. The molecule has 5 nitrogen and oxygen atoms in total. The molecule has 1 amide bonds. The van der Waals surface area contributed by atoms with E-state index >= 15 is 0 Å². The zero-order valence-corrected chi connectivity index (χ0v) is 10.2.